The Hall–Kier alpha value is -1.64. The van der Waals surface area contributed by atoms with Crippen molar-refractivity contribution in [1.29, 1.82) is 0 Å². The summed E-state index contributed by atoms with van der Waals surface area (Å²) >= 11 is 3.43. The number of aryl methyl sites for hydroxylation is 1. The minimum atomic E-state index is -0.462. The number of alkyl halides is 1. The smallest absolute Gasteiger partial charge is 0.156 e. The number of Topliss-reactive ketones (excluding diaryl/α,β-unsaturated/α-hetero) is 2. The minimum Gasteiger partial charge on any atom is -0.390 e. The van der Waals surface area contributed by atoms with Crippen molar-refractivity contribution in [2.75, 3.05) is 5.33 Å². The van der Waals surface area contributed by atoms with E-state index in [1.807, 2.05) is 44.7 Å². The van der Waals surface area contributed by atoms with E-state index in [4.69, 9.17) is 0 Å². The maximum atomic E-state index is 13.3. The number of carbonyl (C=O) groups is 2. The number of halogens is 1. The molecule has 0 unspecified atom stereocenters. The van der Waals surface area contributed by atoms with Gasteiger partial charge in [-0.3, -0.25) is 14.6 Å². The molecule has 1 aromatic rings. The summed E-state index contributed by atoms with van der Waals surface area (Å²) < 4.78 is 1.97. The Bertz CT molecular complexity index is 1850. The van der Waals surface area contributed by atoms with Gasteiger partial charge in [0, 0.05) is 36.4 Å². The molecule has 1 aliphatic heterocycles. The molecule has 0 bridgehead atoms. The number of hydrogen-bond acceptors (Lipinski definition) is 6. The quantitative estimate of drug-likeness (QED) is 0.286. The SMILES string of the molecule is C.C.C.CC1=CCC=N1.C[C@@]1(O)CC[C@@]2(C)[C@H](CC[C@@H]3[C@@H]2CC[C@]2(C)[C@@H](C(=O)CBr)CC[C@@H]32)C1.Cc1cn(CC(=O)[C@H]2CC[C@H]3[C@@H]4CC[C@@H]5C[C@](C)(O)CC[C@]5(C)[C@H]4CC[C@]23C)cn1. The summed E-state index contributed by atoms with van der Waals surface area (Å²) in [5.74, 6) is 7.39. The van der Waals surface area contributed by atoms with E-state index >= 15 is 0 Å². The third-order valence-corrected chi connectivity index (χ3v) is 21.3. The van der Waals surface area contributed by atoms with Gasteiger partial charge in [0.15, 0.2) is 5.78 Å². The van der Waals surface area contributed by atoms with Gasteiger partial charge in [-0.15, -0.1) is 0 Å². The third kappa shape index (κ3) is 9.66. The zero-order valence-corrected chi connectivity index (χ0v) is 40.9. The van der Waals surface area contributed by atoms with E-state index in [1.165, 1.54) is 77.0 Å². The fourth-order valence-corrected chi connectivity index (χ4v) is 17.7. The lowest BCUT2D eigenvalue weighted by atomic mass is 9.44. The first-order chi connectivity index (χ1) is 28.7. The van der Waals surface area contributed by atoms with Gasteiger partial charge in [-0.05, 0) is 212 Å². The first kappa shape index (κ1) is 53.3. The fraction of sp³-hybridized carbons (Fsp3) is 0.857. The predicted molar refractivity (Wildman–Crippen MR) is 270 cm³/mol. The number of aliphatic imine (C=N–C) groups is 1. The van der Waals surface area contributed by atoms with Crippen molar-refractivity contribution in [2.24, 2.45) is 85.8 Å². The second-order valence-electron chi connectivity index (χ2n) is 24.2. The lowest BCUT2D eigenvalue weighted by Crippen LogP contribution is -2.55. The Kier molecular flexibility index (Phi) is 16.5. The van der Waals surface area contributed by atoms with Crippen LogP contribution in [0.5, 0.6) is 0 Å². The maximum Gasteiger partial charge on any atom is 0.156 e. The molecule has 0 radical (unpaired) electrons. The highest BCUT2D eigenvalue weighted by molar-refractivity contribution is 9.09. The number of ketones is 2. The molecule has 9 aliphatic rings. The van der Waals surface area contributed by atoms with Gasteiger partial charge in [0.25, 0.3) is 0 Å². The molecule has 7 nitrogen and oxygen atoms in total. The van der Waals surface area contributed by atoms with Crippen LogP contribution in [0.4, 0.5) is 0 Å². The van der Waals surface area contributed by atoms with Crippen molar-refractivity contribution >= 4 is 33.7 Å². The van der Waals surface area contributed by atoms with E-state index in [0.717, 1.165) is 85.9 Å². The highest BCUT2D eigenvalue weighted by atomic mass is 79.9. The van der Waals surface area contributed by atoms with Gasteiger partial charge >= 0.3 is 0 Å². The van der Waals surface area contributed by atoms with Crippen LogP contribution in [0.25, 0.3) is 0 Å². The first-order valence-electron chi connectivity index (χ1n) is 25.0. The Morgan fingerprint density at radius 2 is 1.11 bits per heavy atom. The molecule has 16 atom stereocenters. The summed E-state index contributed by atoms with van der Waals surface area (Å²) in [7, 11) is 0. The average molecular weight is 953 g/mol. The van der Waals surface area contributed by atoms with Gasteiger partial charge in [-0.25, -0.2) is 4.98 Å². The van der Waals surface area contributed by atoms with Crippen molar-refractivity contribution in [3.63, 3.8) is 0 Å². The Balaban J connectivity index is 0.000000206. The average Bonchev–Trinajstić information content (AvgIpc) is 4.01. The van der Waals surface area contributed by atoms with Crippen molar-refractivity contribution in [1.82, 2.24) is 9.55 Å². The summed E-state index contributed by atoms with van der Waals surface area (Å²) in [6, 6.07) is 0. The monoisotopic (exact) mass is 952 g/mol. The molecule has 0 saturated heterocycles. The zero-order chi connectivity index (χ0) is 43.8. The summed E-state index contributed by atoms with van der Waals surface area (Å²) in [4.78, 5) is 34.1. The van der Waals surface area contributed by atoms with Crippen LogP contribution in [0.3, 0.4) is 0 Å². The van der Waals surface area contributed by atoms with Crippen molar-refractivity contribution in [2.45, 2.75) is 217 Å². The number of nitrogens with zero attached hydrogens (tertiary/aromatic N) is 3. The van der Waals surface area contributed by atoms with Gasteiger partial charge < -0.3 is 14.8 Å². The second kappa shape index (κ2) is 19.8. The summed E-state index contributed by atoms with van der Waals surface area (Å²) in [6.07, 6.45) is 30.0. The molecule has 8 fully saturated rings. The normalized spacial score (nSPS) is 45.8. The molecule has 8 saturated carbocycles. The number of fused-ring (bicyclic) bond motifs is 10. The molecule has 8 aliphatic carbocycles. The molecule has 8 heteroatoms. The number of aliphatic hydroxyl groups is 2. The highest BCUT2D eigenvalue weighted by Crippen LogP contribution is 2.70. The maximum absolute atomic E-state index is 13.3. The molecule has 10 rings (SSSR count). The van der Waals surface area contributed by atoms with E-state index in [1.54, 1.807) is 6.33 Å². The Morgan fingerprint density at radius 3 is 1.50 bits per heavy atom. The molecular weight excluding hydrogens is 859 g/mol. The second-order valence-corrected chi connectivity index (χ2v) is 24.8. The number of allylic oxidation sites excluding steroid dienone is 2. The van der Waals surface area contributed by atoms with Gasteiger partial charge in [-0.2, -0.15) is 0 Å². The molecule has 64 heavy (non-hydrogen) atoms. The summed E-state index contributed by atoms with van der Waals surface area (Å²) in [6.45, 7) is 18.5. The Morgan fingerprint density at radius 1 is 0.641 bits per heavy atom. The number of rotatable bonds is 5. The lowest BCUT2D eigenvalue weighted by Gasteiger charge is -2.61. The van der Waals surface area contributed by atoms with Crippen LogP contribution < -0.4 is 0 Å². The molecule has 2 heterocycles. The Labute approximate surface area is 399 Å². The summed E-state index contributed by atoms with van der Waals surface area (Å²) in [5, 5.41) is 21.8. The fourth-order valence-electron chi connectivity index (χ4n) is 17.3. The molecule has 1 aromatic heterocycles. The van der Waals surface area contributed by atoms with E-state index in [-0.39, 0.29) is 44.9 Å². The molecular formula is C56H94BrN3O4. The van der Waals surface area contributed by atoms with Crippen molar-refractivity contribution in [3.05, 3.63) is 30.0 Å². The minimum absolute atomic E-state index is 0. The van der Waals surface area contributed by atoms with Crippen LogP contribution in [-0.2, 0) is 16.1 Å². The van der Waals surface area contributed by atoms with Crippen LogP contribution in [0.1, 0.15) is 198 Å². The summed E-state index contributed by atoms with van der Waals surface area (Å²) in [5.41, 5.74) is 2.46. The topological polar surface area (TPSA) is 105 Å². The number of hydrogen-bond donors (Lipinski definition) is 2. The van der Waals surface area contributed by atoms with Crippen LogP contribution in [-0.4, -0.2) is 54.1 Å². The van der Waals surface area contributed by atoms with Gasteiger partial charge in [0.05, 0.1) is 35.1 Å². The van der Waals surface area contributed by atoms with Crippen molar-refractivity contribution in [3.8, 4) is 0 Å². The number of aromatic nitrogens is 2. The van der Waals surface area contributed by atoms with Gasteiger partial charge in [0.2, 0.25) is 0 Å². The third-order valence-electron chi connectivity index (χ3n) is 20.7. The molecule has 2 N–H and O–H groups in total. The first-order valence-corrected chi connectivity index (χ1v) is 26.1. The van der Waals surface area contributed by atoms with Crippen LogP contribution >= 0.6 is 15.9 Å². The highest BCUT2D eigenvalue weighted by Gasteiger charge is 2.63. The number of imidazole rings is 1. The van der Waals surface area contributed by atoms with Crippen molar-refractivity contribution < 1.29 is 19.8 Å². The molecule has 364 valence electrons. The van der Waals surface area contributed by atoms with E-state index in [0.29, 0.717) is 52.0 Å². The lowest BCUT2D eigenvalue weighted by molar-refractivity contribution is -0.151. The van der Waals surface area contributed by atoms with Crippen LogP contribution in [0.2, 0.25) is 0 Å². The predicted octanol–water partition coefficient (Wildman–Crippen LogP) is 13.8. The van der Waals surface area contributed by atoms with E-state index < -0.39 is 11.2 Å². The largest absolute Gasteiger partial charge is 0.390 e. The molecule has 0 spiro atoms. The van der Waals surface area contributed by atoms with Crippen LogP contribution in [0, 0.1) is 87.8 Å². The molecule has 0 amide bonds. The van der Waals surface area contributed by atoms with Gasteiger partial charge in [-0.1, -0.05) is 72.0 Å². The van der Waals surface area contributed by atoms with E-state index in [2.05, 4.69) is 59.7 Å². The number of carbonyl (C=O) groups excluding carboxylic acids is 2. The standard InChI is InChI=1S/C26H40N2O2.C22H35BrO2.C5H7N.3CH4/c1-17-14-28(16-27-17)15-23(29)22-8-7-20-19-6-5-18-13-24(2,30)11-12-25(18,3)21(19)9-10-26(20,22)4;1-20(25)10-11-21(2)14(12-20)4-5-15-16-6-7-18(19(24)13-23)22(16,3)9-8-17(15)21;1-5-3-2-4-6-5;;;/h14,16,18-22,30H,5-13,15H2,1-4H3;14-18,25H,4-13H2,1-3H3;3-4H,2H2,1H3;3*1H4/t18-,19+,20+,21+,22-,24-,25+,26+;14-,15+,16+,17+,18-,20-,21+,22+;;;;/m11..../s1. The van der Waals surface area contributed by atoms with Gasteiger partial charge in [0.1, 0.15) is 5.78 Å². The van der Waals surface area contributed by atoms with Crippen LogP contribution in [0.15, 0.2) is 29.3 Å². The molecule has 0 aromatic carbocycles. The van der Waals surface area contributed by atoms with E-state index in [9.17, 15) is 19.8 Å². The zero-order valence-electron chi connectivity index (χ0n) is 39.4.